The van der Waals surface area contributed by atoms with E-state index < -0.39 is 23.1 Å². The third-order valence-corrected chi connectivity index (χ3v) is 4.25. The van der Waals surface area contributed by atoms with Crippen molar-refractivity contribution < 1.29 is 33.6 Å². The Morgan fingerprint density at radius 1 is 1.00 bits per heavy atom. The molecule has 0 aliphatic carbocycles. The van der Waals surface area contributed by atoms with Gasteiger partial charge in [-0.15, -0.1) is 0 Å². The minimum atomic E-state index is -0.620. The van der Waals surface area contributed by atoms with Gasteiger partial charge in [-0.25, -0.2) is 0 Å². The van der Waals surface area contributed by atoms with E-state index in [0.717, 1.165) is 0 Å². The van der Waals surface area contributed by atoms with Gasteiger partial charge < -0.3 is 28.8 Å². The van der Waals surface area contributed by atoms with Crippen LogP contribution in [0.4, 0.5) is 0 Å². The van der Waals surface area contributed by atoms with Gasteiger partial charge in [-0.2, -0.15) is 0 Å². The first-order chi connectivity index (χ1) is 13.8. The van der Waals surface area contributed by atoms with Crippen molar-refractivity contribution in [2.24, 2.45) is 5.92 Å². The Hall–Kier alpha value is -3.68. The monoisotopic (exact) mass is 400 g/mol. The van der Waals surface area contributed by atoms with Gasteiger partial charge in [0.15, 0.2) is 16.8 Å². The highest BCUT2D eigenvalue weighted by Gasteiger charge is 2.28. The minimum absolute atomic E-state index is 0.00964. The minimum Gasteiger partial charge on any atom is -0.508 e. The van der Waals surface area contributed by atoms with Crippen LogP contribution in [0.15, 0.2) is 39.5 Å². The van der Waals surface area contributed by atoms with Gasteiger partial charge in [0, 0.05) is 11.6 Å². The second-order valence-electron chi connectivity index (χ2n) is 6.55. The quantitative estimate of drug-likeness (QED) is 0.494. The third-order valence-electron chi connectivity index (χ3n) is 4.25. The van der Waals surface area contributed by atoms with Gasteiger partial charge in [0.25, 0.3) is 0 Å². The van der Waals surface area contributed by atoms with Crippen molar-refractivity contribution in [3.05, 3.63) is 40.6 Å². The molecule has 0 saturated heterocycles. The number of hydrogen-bond acceptors (Lipinski definition) is 8. The van der Waals surface area contributed by atoms with E-state index in [0.29, 0.717) is 5.56 Å². The van der Waals surface area contributed by atoms with Crippen LogP contribution in [-0.2, 0) is 4.79 Å². The second kappa shape index (κ2) is 7.75. The Morgan fingerprint density at radius 3 is 2.17 bits per heavy atom. The van der Waals surface area contributed by atoms with Gasteiger partial charge in [-0.05, 0) is 24.3 Å². The summed E-state index contributed by atoms with van der Waals surface area (Å²) in [5.41, 5.74) is -0.117. The first-order valence-corrected chi connectivity index (χ1v) is 8.74. The Morgan fingerprint density at radius 2 is 1.62 bits per heavy atom. The highest BCUT2D eigenvalue weighted by Crippen LogP contribution is 2.50. The maximum Gasteiger partial charge on any atom is 0.314 e. The number of phenolic OH excluding ortho intramolecular Hbond substituents is 2. The topological polar surface area (TPSA) is 115 Å². The Kier molecular flexibility index (Phi) is 5.36. The molecule has 0 bridgehead atoms. The number of carbonyl (C=O) groups is 1. The molecule has 1 aromatic heterocycles. The van der Waals surface area contributed by atoms with E-state index in [1.807, 2.05) is 0 Å². The molecule has 2 aromatic carbocycles. The molecule has 3 aromatic rings. The Balaban J connectivity index is 2.33. The highest BCUT2D eigenvalue weighted by atomic mass is 16.6. The predicted octanol–water partition coefficient (Wildman–Crippen LogP) is 3.45. The summed E-state index contributed by atoms with van der Waals surface area (Å²) in [7, 11) is 2.63. The van der Waals surface area contributed by atoms with Crippen LogP contribution in [0.25, 0.3) is 22.3 Å². The first kappa shape index (κ1) is 20.1. The van der Waals surface area contributed by atoms with Crippen molar-refractivity contribution in [2.75, 3.05) is 14.2 Å². The summed E-state index contributed by atoms with van der Waals surface area (Å²) in [5, 5.41) is 19.9. The number of rotatable bonds is 5. The molecule has 8 nitrogen and oxygen atoms in total. The van der Waals surface area contributed by atoms with E-state index in [2.05, 4.69) is 0 Å². The number of ether oxygens (including phenoxy) is 3. The van der Waals surface area contributed by atoms with Crippen molar-refractivity contribution in [1.82, 2.24) is 0 Å². The summed E-state index contributed by atoms with van der Waals surface area (Å²) in [6.45, 7) is 3.25. The van der Waals surface area contributed by atoms with Crippen LogP contribution < -0.4 is 19.6 Å². The Bertz CT molecular complexity index is 1130. The zero-order valence-electron chi connectivity index (χ0n) is 16.3. The zero-order chi connectivity index (χ0) is 21.3. The first-order valence-electron chi connectivity index (χ1n) is 8.74. The molecule has 0 radical (unpaired) electrons. The second-order valence-corrected chi connectivity index (χ2v) is 6.55. The number of fused-ring (bicyclic) bond motifs is 1. The van der Waals surface area contributed by atoms with Crippen LogP contribution in [0.1, 0.15) is 13.8 Å². The summed E-state index contributed by atoms with van der Waals surface area (Å²) in [5.74, 6) is -1.85. The Labute approximate surface area is 165 Å². The molecule has 0 fully saturated rings. The average Bonchev–Trinajstić information content (AvgIpc) is 2.69. The third kappa shape index (κ3) is 3.56. The van der Waals surface area contributed by atoms with Gasteiger partial charge in [0.1, 0.15) is 16.9 Å². The number of aromatic hydroxyl groups is 2. The molecule has 0 unspecified atom stereocenters. The number of hydrogen-bond donors (Lipinski definition) is 2. The maximum absolute atomic E-state index is 12.8. The van der Waals surface area contributed by atoms with E-state index >= 15 is 0 Å². The fourth-order valence-electron chi connectivity index (χ4n) is 2.76. The van der Waals surface area contributed by atoms with E-state index in [1.54, 1.807) is 26.0 Å². The van der Waals surface area contributed by atoms with Crippen molar-refractivity contribution >= 4 is 16.9 Å². The summed E-state index contributed by atoms with van der Waals surface area (Å²) < 4.78 is 21.7. The largest absolute Gasteiger partial charge is 0.508 e. The number of benzene rings is 2. The van der Waals surface area contributed by atoms with Gasteiger partial charge in [-0.3, -0.25) is 9.59 Å². The molecule has 0 aliphatic rings. The van der Waals surface area contributed by atoms with Gasteiger partial charge in [-0.1, -0.05) is 13.8 Å². The molecular formula is C21H20O8. The molecule has 0 spiro atoms. The van der Waals surface area contributed by atoms with Crippen LogP contribution in [0.5, 0.6) is 28.7 Å². The predicted molar refractivity (Wildman–Crippen MR) is 105 cm³/mol. The van der Waals surface area contributed by atoms with Gasteiger partial charge in [0.05, 0.1) is 20.1 Å². The van der Waals surface area contributed by atoms with E-state index in [-0.39, 0.29) is 39.7 Å². The lowest BCUT2D eigenvalue weighted by Gasteiger charge is -2.17. The van der Waals surface area contributed by atoms with Crippen molar-refractivity contribution in [3.8, 4) is 40.1 Å². The van der Waals surface area contributed by atoms with Crippen LogP contribution in [0, 0.1) is 5.92 Å². The van der Waals surface area contributed by atoms with Crippen molar-refractivity contribution in [2.45, 2.75) is 13.8 Å². The van der Waals surface area contributed by atoms with Crippen LogP contribution >= 0.6 is 0 Å². The molecule has 152 valence electrons. The molecule has 2 N–H and O–H groups in total. The van der Waals surface area contributed by atoms with E-state index in [9.17, 15) is 19.8 Å². The number of esters is 1. The lowest BCUT2D eigenvalue weighted by Crippen LogP contribution is -2.16. The summed E-state index contributed by atoms with van der Waals surface area (Å²) in [6, 6.07) is 7.23. The lowest BCUT2D eigenvalue weighted by atomic mass is 10.1. The molecule has 0 atom stereocenters. The van der Waals surface area contributed by atoms with Crippen molar-refractivity contribution in [1.29, 1.82) is 0 Å². The summed E-state index contributed by atoms with van der Waals surface area (Å²) in [4.78, 5) is 24.9. The van der Waals surface area contributed by atoms with Crippen LogP contribution in [-0.4, -0.2) is 30.4 Å². The molecule has 8 heteroatoms. The number of phenols is 2. The SMILES string of the molecule is COc1c(OC(=O)C(C)C)c(O)c2c(=O)cc(-c3ccc(O)cc3)oc2c1OC. The molecule has 1 heterocycles. The summed E-state index contributed by atoms with van der Waals surface area (Å²) in [6.07, 6.45) is 0. The van der Waals surface area contributed by atoms with Gasteiger partial charge in [0.2, 0.25) is 17.2 Å². The molecule has 3 rings (SSSR count). The lowest BCUT2D eigenvalue weighted by molar-refractivity contribution is -0.138. The van der Waals surface area contributed by atoms with Crippen molar-refractivity contribution in [3.63, 3.8) is 0 Å². The highest BCUT2D eigenvalue weighted by molar-refractivity contribution is 5.96. The molecular weight excluding hydrogens is 380 g/mol. The smallest absolute Gasteiger partial charge is 0.314 e. The number of carbonyl (C=O) groups excluding carboxylic acids is 1. The van der Waals surface area contributed by atoms with Crippen LogP contribution in [0.3, 0.4) is 0 Å². The van der Waals surface area contributed by atoms with Gasteiger partial charge >= 0.3 is 5.97 Å². The average molecular weight is 400 g/mol. The molecule has 0 amide bonds. The molecule has 0 saturated carbocycles. The zero-order valence-corrected chi connectivity index (χ0v) is 16.3. The summed E-state index contributed by atoms with van der Waals surface area (Å²) >= 11 is 0. The van der Waals surface area contributed by atoms with E-state index in [1.165, 1.54) is 32.4 Å². The fraction of sp³-hybridized carbons (Fsp3) is 0.238. The normalized spacial score (nSPS) is 10.9. The fourth-order valence-corrected chi connectivity index (χ4v) is 2.76. The molecule has 0 aliphatic heterocycles. The van der Waals surface area contributed by atoms with Crippen LogP contribution in [0.2, 0.25) is 0 Å². The maximum atomic E-state index is 12.8. The molecule has 29 heavy (non-hydrogen) atoms. The standard InChI is InChI=1S/C21H20O8/c1-10(2)21(25)29-18-16(24)15-13(23)9-14(11-5-7-12(22)8-6-11)28-17(15)19(26-3)20(18)27-4/h5-10,22,24H,1-4H3. The number of methoxy groups -OCH3 is 2. The van der Waals surface area contributed by atoms with E-state index in [4.69, 9.17) is 18.6 Å².